The zero-order chi connectivity index (χ0) is 23.2. The normalized spacial score (nSPS) is 20.6. The predicted molar refractivity (Wildman–Crippen MR) is 148 cm³/mol. The minimum absolute atomic E-state index is 0. The van der Waals surface area contributed by atoms with Crippen molar-refractivity contribution in [1.82, 2.24) is 18.7 Å². The lowest BCUT2D eigenvalue weighted by molar-refractivity contribution is -0.00000754. The number of hydrogen-bond acceptors (Lipinski definition) is 4. The molecule has 4 nitrogen and oxygen atoms in total. The molecular weight excluding hydrogens is 459 g/mol. The fourth-order valence-corrected chi connectivity index (χ4v) is 11.9. The Kier molecular flexibility index (Phi) is 16.2. The third-order valence-corrected chi connectivity index (χ3v) is 12.9. The minimum atomic E-state index is -1.54. The van der Waals surface area contributed by atoms with Crippen molar-refractivity contribution in [2.45, 2.75) is 129 Å². The first-order valence-corrected chi connectivity index (χ1v) is 16.8. The lowest BCUT2D eigenvalue weighted by Gasteiger charge is -2.48. The number of nitrogens with zero attached hydrogens (tertiary/aromatic N) is 4. The van der Waals surface area contributed by atoms with Crippen LogP contribution in [0.5, 0.6) is 0 Å². The third-order valence-electron chi connectivity index (χ3n) is 8.30. The SMILES string of the molecule is CCCCCCCCN(CCCCCCCC)[P+](N1CCCC1)(N1CCCC1)N1CCCC1.[Cl-]. The molecule has 6 heteroatoms. The summed E-state index contributed by atoms with van der Waals surface area (Å²) in [5, 5.41) is 0. The molecule has 0 radical (unpaired) electrons. The van der Waals surface area contributed by atoms with E-state index in [1.54, 1.807) is 0 Å². The maximum Gasteiger partial charge on any atom is 0.308 e. The molecule has 0 N–H and O–H groups in total. The van der Waals surface area contributed by atoms with Crippen LogP contribution in [0.3, 0.4) is 0 Å². The Morgan fingerprint density at radius 1 is 0.471 bits per heavy atom. The molecule has 0 aliphatic carbocycles. The van der Waals surface area contributed by atoms with Crippen LogP contribution in [0.1, 0.15) is 129 Å². The molecule has 0 amide bonds. The Morgan fingerprint density at radius 3 is 1.09 bits per heavy atom. The van der Waals surface area contributed by atoms with Gasteiger partial charge in [0, 0.05) is 52.4 Å². The van der Waals surface area contributed by atoms with E-state index in [0.717, 1.165) is 0 Å². The summed E-state index contributed by atoms with van der Waals surface area (Å²) in [6, 6.07) is 0. The van der Waals surface area contributed by atoms with Crippen molar-refractivity contribution < 1.29 is 12.4 Å². The molecule has 3 aliphatic heterocycles. The van der Waals surface area contributed by atoms with E-state index in [9.17, 15) is 0 Å². The second-order valence-corrected chi connectivity index (χ2v) is 14.3. The first-order chi connectivity index (χ1) is 16.3. The molecule has 3 heterocycles. The van der Waals surface area contributed by atoms with Crippen LogP contribution in [0.25, 0.3) is 0 Å². The second kappa shape index (κ2) is 17.9. The fourth-order valence-electron chi connectivity index (χ4n) is 6.51. The fraction of sp³-hybridized carbons (Fsp3) is 1.00. The predicted octanol–water partition coefficient (Wildman–Crippen LogP) is 4.98. The van der Waals surface area contributed by atoms with Crippen molar-refractivity contribution in [3.63, 3.8) is 0 Å². The summed E-state index contributed by atoms with van der Waals surface area (Å²) in [5.74, 6) is 0. The molecule has 0 aromatic heterocycles. The average molecular weight is 517 g/mol. The molecule has 0 aromatic carbocycles. The third kappa shape index (κ3) is 8.56. The van der Waals surface area contributed by atoms with E-state index in [1.165, 1.54) is 168 Å². The van der Waals surface area contributed by atoms with Crippen LogP contribution in [0.4, 0.5) is 0 Å². The number of halogens is 1. The van der Waals surface area contributed by atoms with Gasteiger partial charge in [-0.2, -0.15) is 0 Å². The van der Waals surface area contributed by atoms with Gasteiger partial charge < -0.3 is 12.4 Å². The molecule has 3 aliphatic rings. The highest BCUT2D eigenvalue weighted by Crippen LogP contribution is 2.72. The molecule has 3 fully saturated rings. The van der Waals surface area contributed by atoms with E-state index in [2.05, 4.69) is 32.5 Å². The Hall–Kier alpha value is 0.560. The van der Waals surface area contributed by atoms with E-state index >= 15 is 0 Å². The van der Waals surface area contributed by atoms with Gasteiger partial charge in [-0.15, -0.1) is 18.7 Å². The lowest BCUT2D eigenvalue weighted by Crippen LogP contribution is -3.00. The van der Waals surface area contributed by atoms with Gasteiger partial charge in [0.1, 0.15) is 0 Å². The highest BCUT2D eigenvalue weighted by molar-refractivity contribution is 7.66. The molecule has 0 unspecified atom stereocenters. The molecule has 0 atom stereocenters. The molecule has 0 aromatic rings. The van der Waals surface area contributed by atoms with Crippen LogP contribution in [0, 0.1) is 0 Å². The van der Waals surface area contributed by atoms with Gasteiger partial charge in [0.25, 0.3) is 0 Å². The Balaban J connectivity index is 0.00000408. The molecular formula is C28H58ClN4P. The number of rotatable bonds is 18. The number of hydrogen-bond donors (Lipinski definition) is 0. The van der Waals surface area contributed by atoms with Gasteiger partial charge in [-0.1, -0.05) is 78.1 Å². The van der Waals surface area contributed by atoms with E-state index in [-0.39, 0.29) is 12.4 Å². The van der Waals surface area contributed by atoms with Crippen molar-refractivity contribution in [1.29, 1.82) is 0 Å². The Bertz CT molecular complexity index is 434. The summed E-state index contributed by atoms with van der Waals surface area (Å²) >= 11 is 0. The van der Waals surface area contributed by atoms with Gasteiger partial charge >= 0.3 is 7.87 Å². The standard InChI is InChI=1S/C28H58N4P.ClH/c1-3-5-7-9-11-13-21-29(22-14-12-10-8-6-4-2)33(30-23-15-16-24-30,31-25-17-18-26-31)32-27-19-20-28-32;/h3-28H2,1-2H3;1H/q+1;/p-1. The summed E-state index contributed by atoms with van der Waals surface area (Å²) in [7, 11) is -1.54. The first-order valence-electron chi connectivity index (χ1n) is 15.2. The quantitative estimate of drug-likeness (QED) is 0.188. The monoisotopic (exact) mass is 516 g/mol. The van der Waals surface area contributed by atoms with Crippen molar-refractivity contribution in [2.75, 3.05) is 52.4 Å². The molecule has 3 rings (SSSR count). The van der Waals surface area contributed by atoms with Gasteiger partial charge in [-0.25, -0.2) is 0 Å². The highest BCUT2D eigenvalue weighted by Gasteiger charge is 2.62. The Morgan fingerprint density at radius 2 is 0.765 bits per heavy atom. The van der Waals surface area contributed by atoms with Crippen molar-refractivity contribution in [2.24, 2.45) is 0 Å². The summed E-state index contributed by atoms with van der Waals surface area (Å²) < 4.78 is 12.3. The summed E-state index contributed by atoms with van der Waals surface area (Å²) in [4.78, 5) is 0. The summed E-state index contributed by atoms with van der Waals surface area (Å²) in [6.07, 6.45) is 25.6. The van der Waals surface area contributed by atoms with Gasteiger partial charge in [0.15, 0.2) is 0 Å². The molecule has 0 spiro atoms. The largest absolute Gasteiger partial charge is 1.00 e. The molecule has 0 saturated carbocycles. The van der Waals surface area contributed by atoms with E-state index in [4.69, 9.17) is 0 Å². The van der Waals surface area contributed by atoms with E-state index in [1.807, 2.05) is 0 Å². The topological polar surface area (TPSA) is 13.0 Å². The second-order valence-electron chi connectivity index (χ2n) is 11.0. The average Bonchev–Trinajstić information content (AvgIpc) is 3.63. The van der Waals surface area contributed by atoms with E-state index in [0.29, 0.717) is 0 Å². The van der Waals surface area contributed by atoms with E-state index < -0.39 is 7.87 Å². The van der Waals surface area contributed by atoms with Crippen LogP contribution in [-0.4, -0.2) is 71.0 Å². The van der Waals surface area contributed by atoms with Crippen LogP contribution >= 0.6 is 7.87 Å². The van der Waals surface area contributed by atoms with Crippen molar-refractivity contribution >= 4 is 7.87 Å². The maximum absolute atomic E-state index is 3.13. The minimum Gasteiger partial charge on any atom is -1.00 e. The highest BCUT2D eigenvalue weighted by atomic mass is 35.5. The smallest absolute Gasteiger partial charge is 0.308 e. The molecule has 3 saturated heterocycles. The van der Waals surface area contributed by atoms with Crippen molar-refractivity contribution in [3.8, 4) is 0 Å². The molecule has 0 bridgehead atoms. The van der Waals surface area contributed by atoms with Crippen molar-refractivity contribution in [3.05, 3.63) is 0 Å². The lowest BCUT2D eigenvalue weighted by atomic mass is 10.1. The zero-order valence-corrected chi connectivity index (χ0v) is 24.6. The zero-order valence-electron chi connectivity index (χ0n) is 23.0. The van der Waals surface area contributed by atoms with Gasteiger partial charge in [-0.05, 0) is 51.4 Å². The van der Waals surface area contributed by atoms with Crippen LogP contribution < -0.4 is 12.4 Å². The van der Waals surface area contributed by atoms with Gasteiger partial charge in [0.05, 0.1) is 0 Å². The van der Waals surface area contributed by atoms with Crippen LogP contribution in [0.2, 0.25) is 0 Å². The van der Waals surface area contributed by atoms with Gasteiger partial charge in [0.2, 0.25) is 0 Å². The molecule has 202 valence electrons. The summed E-state index contributed by atoms with van der Waals surface area (Å²) in [5.41, 5.74) is 0. The van der Waals surface area contributed by atoms with Crippen LogP contribution in [-0.2, 0) is 0 Å². The molecule has 34 heavy (non-hydrogen) atoms. The van der Waals surface area contributed by atoms with Gasteiger partial charge in [-0.3, -0.25) is 0 Å². The summed E-state index contributed by atoms with van der Waals surface area (Å²) in [6.45, 7) is 15.5. The first kappa shape index (κ1) is 30.8. The number of unbranched alkanes of at least 4 members (excludes halogenated alkanes) is 10. The maximum atomic E-state index is 3.13. The Labute approximate surface area is 220 Å². The van der Waals surface area contributed by atoms with Crippen LogP contribution in [0.15, 0.2) is 0 Å².